The molecule has 70 valence electrons. The first-order valence-electron chi connectivity index (χ1n) is 3.98. The molecule has 0 atom stereocenters. The van der Waals surface area contributed by atoms with Gasteiger partial charge in [0.25, 0.3) is 0 Å². The second kappa shape index (κ2) is 6.94. The molecule has 0 N–H and O–H groups in total. The van der Waals surface area contributed by atoms with Gasteiger partial charge in [0.15, 0.2) is 11.6 Å². The lowest BCUT2D eigenvalue weighted by atomic mass is 10.3. The fourth-order valence-electron chi connectivity index (χ4n) is 0.419. The van der Waals surface area contributed by atoms with Crippen LogP contribution in [0, 0.1) is 0 Å². The summed E-state index contributed by atoms with van der Waals surface area (Å²) < 4.78 is 0. The van der Waals surface area contributed by atoms with Crippen molar-refractivity contribution in [3.63, 3.8) is 0 Å². The Morgan fingerprint density at radius 2 is 1.25 bits per heavy atom. The van der Waals surface area contributed by atoms with Crippen LogP contribution in [0.4, 0.5) is 0 Å². The van der Waals surface area contributed by atoms with Gasteiger partial charge in [0.2, 0.25) is 0 Å². The van der Waals surface area contributed by atoms with E-state index < -0.39 is 0 Å². The first-order chi connectivity index (χ1) is 5.70. The first-order valence-corrected chi connectivity index (χ1v) is 3.98. The SMILES string of the molecule is CCC(=O)COOCC(=O)CC. The van der Waals surface area contributed by atoms with Crippen molar-refractivity contribution in [2.45, 2.75) is 26.7 Å². The average Bonchev–Trinajstić information content (AvgIpc) is 2.11. The summed E-state index contributed by atoms with van der Waals surface area (Å²) >= 11 is 0. The zero-order valence-corrected chi connectivity index (χ0v) is 7.46. The van der Waals surface area contributed by atoms with Gasteiger partial charge in [-0.1, -0.05) is 13.8 Å². The van der Waals surface area contributed by atoms with E-state index >= 15 is 0 Å². The first kappa shape index (κ1) is 11.3. The molecular weight excluding hydrogens is 160 g/mol. The molecule has 0 bridgehead atoms. The van der Waals surface area contributed by atoms with E-state index in [2.05, 4.69) is 9.78 Å². The van der Waals surface area contributed by atoms with Crippen LogP contribution < -0.4 is 0 Å². The maximum absolute atomic E-state index is 10.6. The third-order valence-electron chi connectivity index (χ3n) is 1.31. The van der Waals surface area contributed by atoms with Crippen molar-refractivity contribution in [3.8, 4) is 0 Å². The molecule has 0 fully saturated rings. The van der Waals surface area contributed by atoms with E-state index in [9.17, 15) is 9.59 Å². The highest BCUT2D eigenvalue weighted by molar-refractivity contribution is 5.79. The quantitative estimate of drug-likeness (QED) is 0.327. The van der Waals surface area contributed by atoms with Crippen LogP contribution in [0.5, 0.6) is 0 Å². The lowest BCUT2D eigenvalue weighted by Gasteiger charge is -2.00. The van der Waals surface area contributed by atoms with E-state index in [0.717, 1.165) is 0 Å². The van der Waals surface area contributed by atoms with Crippen LogP contribution in [-0.2, 0) is 19.4 Å². The van der Waals surface area contributed by atoms with Crippen LogP contribution in [-0.4, -0.2) is 24.8 Å². The molecule has 0 radical (unpaired) electrons. The van der Waals surface area contributed by atoms with E-state index in [0.29, 0.717) is 12.8 Å². The fraction of sp³-hybridized carbons (Fsp3) is 0.750. The summed E-state index contributed by atoms with van der Waals surface area (Å²) in [6, 6.07) is 0. The number of hydrogen-bond acceptors (Lipinski definition) is 4. The van der Waals surface area contributed by atoms with Gasteiger partial charge in [-0.15, -0.1) is 0 Å². The number of carbonyl (C=O) groups is 2. The minimum absolute atomic E-state index is 0.0426. The van der Waals surface area contributed by atoms with Crippen LogP contribution in [0.15, 0.2) is 0 Å². The molecule has 0 rings (SSSR count). The summed E-state index contributed by atoms with van der Waals surface area (Å²) in [4.78, 5) is 30.2. The van der Waals surface area contributed by atoms with Gasteiger partial charge in [-0.2, -0.15) is 0 Å². The van der Waals surface area contributed by atoms with Gasteiger partial charge >= 0.3 is 0 Å². The molecular formula is C8H14O4. The summed E-state index contributed by atoms with van der Waals surface area (Å²) in [7, 11) is 0. The van der Waals surface area contributed by atoms with Crippen molar-refractivity contribution >= 4 is 11.6 Å². The Morgan fingerprint density at radius 1 is 0.917 bits per heavy atom. The number of hydrogen-bond donors (Lipinski definition) is 0. The number of Topliss-reactive ketones (excluding diaryl/α,β-unsaturated/α-hetero) is 2. The normalized spacial score (nSPS) is 9.83. The van der Waals surface area contributed by atoms with Crippen molar-refractivity contribution in [3.05, 3.63) is 0 Å². The van der Waals surface area contributed by atoms with Crippen LogP contribution in [0.3, 0.4) is 0 Å². The minimum atomic E-state index is -0.0759. The monoisotopic (exact) mass is 174 g/mol. The largest absolute Gasteiger partial charge is 0.297 e. The Kier molecular flexibility index (Phi) is 6.51. The van der Waals surface area contributed by atoms with Crippen molar-refractivity contribution in [2.75, 3.05) is 13.2 Å². The Bertz CT molecular complexity index is 135. The predicted molar refractivity (Wildman–Crippen MR) is 42.5 cm³/mol. The molecule has 4 heteroatoms. The van der Waals surface area contributed by atoms with E-state index in [-0.39, 0.29) is 24.8 Å². The topological polar surface area (TPSA) is 52.6 Å². The maximum Gasteiger partial charge on any atom is 0.161 e. The summed E-state index contributed by atoms with van der Waals surface area (Å²) in [5.74, 6) is -0.0853. The molecule has 0 amide bonds. The van der Waals surface area contributed by atoms with Crippen molar-refractivity contribution in [1.29, 1.82) is 0 Å². The molecule has 0 aromatic rings. The standard InChI is InChI=1S/C8H14O4/c1-3-7(9)5-11-12-6-8(10)4-2/h3-6H2,1-2H3. The predicted octanol–water partition coefficient (Wildman–Crippen LogP) is 0.893. The summed E-state index contributed by atoms with van der Waals surface area (Å²) in [5, 5.41) is 0. The molecule has 0 aliphatic carbocycles. The van der Waals surface area contributed by atoms with Gasteiger partial charge in [-0.3, -0.25) is 9.59 Å². The molecule has 12 heavy (non-hydrogen) atoms. The van der Waals surface area contributed by atoms with Gasteiger partial charge in [0, 0.05) is 12.8 Å². The Hall–Kier alpha value is -0.740. The smallest absolute Gasteiger partial charge is 0.161 e. The molecule has 0 aliphatic rings. The highest BCUT2D eigenvalue weighted by atomic mass is 17.2. The maximum atomic E-state index is 10.6. The number of rotatable bonds is 7. The Morgan fingerprint density at radius 3 is 1.50 bits per heavy atom. The van der Waals surface area contributed by atoms with Crippen molar-refractivity contribution < 1.29 is 19.4 Å². The zero-order chi connectivity index (χ0) is 9.40. The van der Waals surface area contributed by atoms with Crippen LogP contribution in [0.1, 0.15) is 26.7 Å². The van der Waals surface area contributed by atoms with E-state index in [1.165, 1.54) is 0 Å². The molecule has 0 aromatic carbocycles. The lowest BCUT2D eigenvalue weighted by Crippen LogP contribution is -2.12. The van der Waals surface area contributed by atoms with Gasteiger partial charge in [0.1, 0.15) is 13.2 Å². The van der Waals surface area contributed by atoms with Gasteiger partial charge < -0.3 is 0 Å². The lowest BCUT2D eigenvalue weighted by molar-refractivity contribution is -0.283. The molecule has 0 aliphatic heterocycles. The second-order valence-corrected chi connectivity index (χ2v) is 2.31. The Balaban J connectivity index is 3.21. The van der Waals surface area contributed by atoms with Crippen molar-refractivity contribution in [2.24, 2.45) is 0 Å². The van der Waals surface area contributed by atoms with Crippen LogP contribution in [0.2, 0.25) is 0 Å². The zero-order valence-electron chi connectivity index (χ0n) is 7.46. The summed E-state index contributed by atoms with van der Waals surface area (Å²) in [6.07, 6.45) is 0.843. The summed E-state index contributed by atoms with van der Waals surface area (Å²) in [5.41, 5.74) is 0. The second-order valence-electron chi connectivity index (χ2n) is 2.31. The molecule has 0 saturated carbocycles. The molecule has 0 unspecified atom stereocenters. The van der Waals surface area contributed by atoms with Crippen LogP contribution in [0.25, 0.3) is 0 Å². The summed E-state index contributed by atoms with van der Waals surface area (Å²) in [6.45, 7) is 3.33. The minimum Gasteiger partial charge on any atom is -0.297 e. The number of ketones is 2. The van der Waals surface area contributed by atoms with Gasteiger partial charge in [-0.25, -0.2) is 9.78 Å². The molecule has 4 nitrogen and oxygen atoms in total. The van der Waals surface area contributed by atoms with Crippen LogP contribution >= 0.6 is 0 Å². The Labute approximate surface area is 71.8 Å². The average molecular weight is 174 g/mol. The third-order valence-corrected chi connectivity index (χ3v) is 1.31. The van der Waals surface area contributed by atoms with Gasteiger partial charge in [-0.05, 0) is 0 Å². The molecule has 0 saturated heterocycles. The highest BCUT2D eigenvalue weighted by Gasteiger charge is 2.01. The molecule has 0 aromatic heterocycles. The van der Waals surface area contributed by atoms with E-state index in [1.54, 1.807) is 13.8 Å². The number of carbonyl (C=O) groups excluding carboxylic acids is 2. The molecule has 0 heterocycles. The van der Waals surface area contributed by atoms with E-state index in [4.69, 9.17) is 0 Å². The highest BCUT2D eigenvalue weighted by Crippen LogP contribution is 1.87. The van der Waals surface area contributed by atoms with Crippen molar-refractivity contribution in [1.82, 2.24) is 0 Å². The molecule has 0 spiro atoms. The third kappa shape index (κ3) is 6.00. The van der Waals surface area contributed by atoms with Gasteiger partial charge in [0.05, 0.1) is 0 Å². The fourth-order valence-corrected chi connectivity index (χ4v) is 0.419. The van der Waals surface area contributed by atoms with E-state index in [1.807, 2.05) is 0 Å².